The Kier molecular flexibility index (Phi) is 6.78. The summed E-state index contributed by atoms with van der Waals surface area (Å²) in [5, 5.41) is 14.0. The average molecular weight is 464 g/mol. The molecule has 0 fully saturated rings. The van der Waals surface area contributed by atoms with Gasteiger partial charge < -0.3 is 5.32 Å². The Labute approximate surface area is 196 Å². The minimum absolute atomic E-state index is 0.0728. The summed E-state index contributed by atoms with van der Waals surface area (Å²) >= 11 is 7.24. The second-order valence-corrected chi connectivity index (χ2v) is 9.36. The number of aliphatic imine (C=N–C) groups is 1. The molecule has 1 N–H and O–H groups in total. The summed E-state index contributed by atoms with van der Waals surface area (Å²) in [5.41, 5.74) is 4.09. The van der Waals surface area contributed by atoms with Gasteiger partial charge in [-0.05, 0) is 43.5 Å². The van der Waals surface area contributed by atoms with Crippen LogP contribution in [0.4, 0.5) is 5.69 Å². The lowest BCUT2D eigenvalue weighted by Gasteiger charge is -2.33. The van der Waals surface area contributed by atoms with Crippen molar-refractivity contribution in [2.45, 2.75) is 32.1 Å². The molecule has 2 aromatic rings. The van der Waals surface area contributed by atoms with Gasteiger partial charge in [0.05, 0.1) is 16.9 Å². The van der Waals surface area contributed by atoms with Crippen LogP contribution in [0.15, 0.2) is 64.8 Å². The van der Waals surface area contributed by atoms with Crippen molar-refractivity contribution in [1.29, 1.82) is 5.26 Å². The molecule has 1 unspecified atom stereocenters. The van der Waals surface area contributed by atoms with Crippen LogP contribution in [-0.4, -0.2) is 22.5 Å². The van der Waals surface area contributed by atoms with Gasteiger partial charge in [0, 0.05) is 34.3 Å². The van der Waals surface area contributed by atoms with Crippen molar-refractivity contribution in [2.24, 2.45) is 10.9 Å². The van der Waals surface area contributed by atoms with Gasteiger partial charge >= 0.3 is 0 Å². The number of nitrogens with zero attached hydrogens (tertiary/aromatic N) is 2. The highest BCUT2D eigenvalue weighted by Crippen LogP contribution is 2.44. The maximum absolute atomic E-state index is 12.8. The Morgan fingerprint density at radius 1 is 1.25 bits per heavy atom. The molecule has 2 atom stereocenters. The molecule has 7 heteroatoms. The topological polar surface area (TPSA) is 82.3 Å². The summed E-state index contributed by atoms with van der Waals surface area (Å²) < 4.78 is 0. The summed E-state index contributed by atoms with van der Waals surface area (Å²) in [5.74, 6) is -0.991. The van der Waals surface area contributed by atoms with E-state index in [-0.39, 0.29) is 23.4 Å². The Bertz CT molecular complexity index is 1160. The predicted molar refractivity (Wildman–Crippen MR) is 129 cm³/mol. The zero-order valence-electron chi connectivity index (χ0n) is 17.6. The van der Waals surface area contributed by atoms with Crippen LogP contribution in [0.5, 0.6) is 0 Å². The number of amides is 1. The molecule has 32 heavy (non-hydrogen) atoms. The molecule has 1 amide bonds. The Hall–Kier alpha value is -2.88. The van der Waals surface area contributed by atoms with E-state index in [4.69, 9.17) is 16.6 Å². The second-order valence-electron chi connectivity index (χ2n) is 7.93. The first-order valence-electron chi connectivity index (χ1n) is 10.5. The number of hydrogen-bond donors (Lipinski definition) is 1. The number of halogens is 1. The monoisotopic (exact) mass is 463 g/mol. The van der Waals surface area contributed by atoms with Gasteiger partial charge in [-0.1, -0.05) is 59.3 Å². The standard InChI is InChI=1S/C25H22ClN3O2S/c1-15-8-10-16(11-9-15)23-19(13-27)25(29-20-6-3-7-21(30)24(20)23)32-14-22(31)28-18-5-2-4-17(26)12-18/h2,4-5,8-12,19,23H,3,6-7,14H2,1H3,(H,28,31)/t19?,23-/m0/s1. The van der Waals surface area contributed by atoms with E-state index in [1.165, 1.54) is 11.8 Å². The minimum atomic E-state index is -0.609. The quantitative estimate of drug-likeness (QED) is 0.633. The Morgan fingerprint density at radius 2 is 2.03 bits per heavy atom. The Balaban J connectivity index is 1.60. The summed E-state index contributed by atoms with van der Waals surface area (Å²) in [6.45, 7) is 2.00. The summed E-state index contributed by atoms with van der Waals surface area (Å²) in [6.07, 6.45) is 1.95. The molecule has 1 aliphatic heterocycles. The van der Waals surface area contributed by atoms with Crippen molar-refractivity contribution in [3.63, 3.8) is 0 Å². The molecule has 0 bridgehead atoms. The third-order valence-corrected chi connectivity index (χ3v) is 6.90. The summed E-state index contributed by atoms with van der Waals surface area (Å²) in [4.78, 5) is 30.0. The third-order valence-electron chi connectivity index (χ3n) is 5.62. The molecule has 0 radical (unpaired) electrons. The molecule has 0 saturated carbocycles. The molecule has 1 aliphatic carbocycles. The zero-order chi connectivity index (χ0) is 22.7. The minimum Gasteiger partial charge on any atom is -0.325 e. The lowest BCUT2D eigenvalue weighted by atomic mass is 9.74. The second kappa shape index (κ2) is 9.72. The van der Waals surface area contributed by atoms with E-state index in [9.17, 15) is 14.9 Å². The fraction of sp³-hybridized carbons (Fsp3) is 0.280. The van der Waals surface area contributed by atoms with Gasteiger partial charge in [-0.2, -0.15) is 5.26 Å². The highest BCUT2D eigenvalue weighted by molar-refractivity contribution is 8.14. The van der Waals surface area contributed by atoms with Crippen LogP contribution in [0, 0.1) is 24.2 Å². The maximum Gasteiger partial charge on any atom is 0.234 e. The van der Waals surface area contributed by atoms with Crippen LogP contribution in [0.3, 0.4) is 0 Å². The van der Waals surface area contributed by atoms with Gasteiger partial charge in [0.25, 0.3) is 0 Å². The van der Waals surface area contributed by atoms with E-state index in [2.05, 4.69) is 11.4 Å². The summed E-state index contributed by atoms with van der Waals surface area (Å²) in [6, 6.07) is 17.3. The molecule has 2 aliphatic rings. The molecular weight excluding hydrogens is 442 g/mol. The third kappa shape index (κ3) is 4.79. The van der Waals surface area contributed by atoms with E-state index in [0.29, 0.717) is 34.2 Å². The first-order chi connectivity index (χ1) is 15.5. The number of thioether (sulfide) groups is 1. The average Bonchev–Trinajstić information content (AvgIpc) is 2.77. The summed E-state index contributed by atoms with van der Waals surface area (Å²) in [7, 11) is 0. The molecule has 0 aromatic heterocycles. The van der Waals surface area contributed by atoms with Crippen LogP contribution >= 0.6 is 23.4 Å². The van der Waals surface area contributed by atoms with Crippen LogP contribution in [0.25, 0.3) is 0 Å². The van der Waals surface area contributed by atoms with Crippen LogP contribution < -0.4 is 5.32 Å². The van der Waals surface area contributed by atoms with Crippen LogP contribution in [0.1, 0.15) is 36.3 Å². The smallest absolute Gasteiger partial charge is 0.234 e. The van der Waals surface area contributed by atoms with Crippen molar-refractivity contribution >= 4 is 45.8 Å². The van der Waals surface area contributed by atoms with E-state index >= 15 is 0 Å². The number of nitrogens with one attached hydrogen (secondary N) is 1. The molecule has 0 saturated heterocycles. The van der Waals surface area contributed by atoms with Gasteiger partial charge in [-0.25, -0.2) is 4.99 Å². The number of aryl methyl sites for hydroxylation is 1. The van der Waals surface area contributed by atoms with Crippen molar-refractivity contribution in [3.05, 3.63) is 76.0 Å². The maximum atomic E-state index is 12.8. The molecule has 4 rings (SSSR count). The Morgan fingerprint density at radius 3 is 2.75 bits per heavy atom. The van der Waals surface area contributed by atoms with E-state index in [1.807, 2.05) is 31.2 Å². The van der Waals surface area contributed by atoms with E-state index in [0.717, 1.165) is 23.2 Å². The predicted octanol–water partition coefficient (Wildman–Crippen LogP) is 5.66. The lowest BCUT2D eigenvalue weighted by Crippen LogP contribution is -2.31. The highest BCUT2D eigenvalue weighted by atomic mass is 35.5. The van der Waals surface area contributed by atoms with Crippen molar-refractivity contribution in [2.75, 3.05) is 11.1 Å². The highest BCUT2D eigenvalue weighted by Gasteiger charge is 2.40. The van der Waals surface area contributed by atoms with Gasteiger partial charge in [-0.3, -0.25) is 9.59 Å². The van der Waals surface area contributed by atoms with Crippen molar-refractivity contribution in [3.8, 4) is 6.07 Å². The molecule has 5 nitrogen and oxygen atoms in total. The molecule has 0 spiro atoms. The number of ketones is 1. The van der Waals surface area contributed by atoms with Gasteiger partial charge in [0.1, 0.15) is 5.92 Å². The zero-order valence-corrected chi connectivity index (χ0v) is 19.2. The number of benzene rings is 2. The fourth-order valence-electron chi connectivity index (χ4n) is 4.12. The number of nitriles is 1. The number of Topliss-reactive ketones (excluding diaryl/α,β-unsaturated/α-hetero) is 1. The van der Waals surface area contributed by atoms with E-state index in [1.54, 1.807) is 24.3 Å². The molecule has 2 aromatic carbocycles. The van der Waals surface area contributed by atoms with Gasteiger partial charge in [0.15, 0.2) is 5.78 Å². The fourth-order valence-corrected chi connectivity index (χ4v) is 5.20. The SMILES string of the molecule is Cc1ccc([C@@H]2C3=C(CCCC3=O)N=C(SCC(=O)Nc3cccc(Cl)c3)C2C#N)cc1. The normalized spacial score (nSPS) is 20.3. The molecule has 1 heterocycles. The van der Waals surface area contributed by atoms with Crippen molar-refractivity contribution < 1.29 is 9.59 Å². The van der Waals surface area contributed by atoms with Gasteiger partial charge in [-0.15, -0.1) is 0 Å². The van der Waals surface area contributed by atoms with Gasteiger partial charge in [0.2, 0.25) is 5.91 Å². The lowest BCUT2D eigenvalue weighted by molar-refractivity contribution is -0.116. The molecule has 162 valence electrons. The first kappa shape index (κ1) is 22.3. The van der Waals surface area contributed by atoms with Crippen molar-refractivity contribution in [1.82, 2.24) is 0 Å². The van der Waals surface area contributed by atoms with E-state index < -0.39 is 5.92 Å². The largest absolute Gasteiger partial charge is 0.325 e. The van der Waals surface area contributed by atoms with Crippen LogP contribution in [-0.2, 0) is 9.59 Å². The number of rotatable bonds is 4. The number of hydrogen-bond acceptors (Lipinski definition) is 5. The number of anilines is 1. The number of carbonyl (C=O) groups is 2. The van der Waals surface area contributed by atoms with Crippen LogP contribution in [0.2, 0.25) is 5.02 Å². The number of allylic oxidation sites excluding steroid dienone is 2. The molecular formula is C25H22ClN3O2S. The number of carbonyl (C=O) groups excluding carboxylic acids is 2. The first-order valence-corrected chi connectivity index (χ1v) is 11.8.